The molecular weight excluding hydrogens is 284 g/mol. The number of hydrogen-bond acceptors (Lipinski definition) is 4. The Morgan fingerprint density at radius 1 is 0.591 bits per heavy atom. The van der Waals surface area contributed by atoms with Gasteiger partial charge < -0.3 is 10.6 Å². The molecule has 22 heavy (non-hydrogen) atoms. The first-order chi connectivity index (χ1) is 10.5. The minimum Gasteiger partial charge on any atom is -0.318 e. The SMILES string of the molecule is O=C1Nc2ccc(-c3ccc4c(c3)C(=O)C(=O)N4)cc2C1=O. The molecule has 0 aliphatic carbocycles. The molecule has 0 atom stereocenters. The summed E-state index contributed by atoms with van der Waals surface area (Å²) in [6.45, 7) is 0. The summed E-state index contributed by atoms with van der Waals surface area (Å²) >= 11 is 0. The van der Waals surface area contributed by atoms with Crippen LogP contribution in [0.4, 0.5) is 11.4 Å². The fourth-order valence-electron chi connectivity index (χ4n) is 2.64. The van der Waals surface area contributed by atoms with Crippen LogP contribution in [0.5, 0.6) is 0 Å². The molecule has 2 aliphatic heterocycles. The third kappa shape index (κ3) is 1.61. The van der Waals surface area contributed by atoms with Gasteiger partial charge in [-0.25, -0.2) is 0 Å². The summed E-state index contributed by atoms with van der Waals surface area (Å²) in [7, 11) is 0. The molecule has 2 aromatic rings. The van der Waals surface area contributed by atoms with Gasteiger partial charge in [0.2, 0.25) is 0 Å². The minimum absolute atomic E-state index is 0.309. The van der Waals surface area contributed by atoms with Gasteiger partial charge in [0.25, 0.3) is 23.4 Å². The molecule has 2 aliphatic rings. The zero-order chi connectivity index (χ0) is 15.4. The van der Waals surface area contributed by atoms with Crippen LogP contribution in [0.2, 0.25) is 0 Å². The number of anilines is 2. The fraction of sp³-hybridized carbons (Fsp3) is 0. The van der Waals surface area contributed by atoms with Gasteiger partial charge in [0.1, 0.15) is 0 Å². The molecule has 2 aromatic carbocycles. The van der Waals surface area contributed by atoms with Crippen LogP contribution in [0.15, 0.2) is 36.4 Å². The molecule has 0 unspecified atom stereocenters. The van der Waals surface area contributed by atoms with Crippen molar-refractivity contribution in [3.63, 3.8) is 0 Å². The third-order valence-electron chi connectivity index (χ3n) is 3.77. The Morgan fingerprint density at radius 2 is 1.00 bits per heavy atom. The first-order valence-corrected chi connectivity index (χ1v) is 6.54. The van der Waals surface area contributed by atoms with E-state index in [2.05, 4.69) is 10.6 Å². The molecule has 0 aromatic heterocycles. The molecule has 2 amide bonds. The number of Topliss-reactive ketones (excluding diaryl/α,β-unsaturated/α-hetero) is 2. The van der Waals surface area contributed by atoms with Crippen LogP contribution >= 0.6 is 0 Å². The molecule has 6 nitrogen and oxygen atoms in total. The largest absolute Gasteiger partial charge is 0.318 e. The van der Waals surface area contributed by atoms with E-state index in [9.17, 15) is 19.2 Å². The molecule has 6 heteroatoms. The van der Waals surface area contributed by atoms with Crippen molar-refractivity contribution in [1.29, 1.82) is 0 Å². The maximum absolute atomic E-state index is 11.7. The first kappa shape index (κ1) is 12.5. The Labute approximate surface area is 124 Å². The highest BCUT2D eigenvalue weighted by Crippen LogP contribution is 2.32. The van der Waals surface area contributed by atoms with Gasteiger partial charge in [0.15, 0.2) is 0 Å². The molecule has 0 saturated carbocycles. The number of amides is 2. The second-order valence-electron chi connectivity index (χ2n) is 5.09. The van der Waals surface area contributed by atoms with Gasteiger partial charge in [-0.1, -0.05) is 12.1 Å². The van der Waals surface area contributed by atoms with Gasteiger partial charge in [-0.05, 0) is 35.4 Å². The van der Waals surface area contributed by atoms with Gasteiger partial charge in [-0.2, -0.15) is 0 Å². The quantitative estimate of drug-likeness (QED) is 0.781. The third-order valence-corrected chi connectivity index (χ3v) is 3.77. The molecule has 0 fully saturated rings. The number of rotatable bonds is 1. The lowest BCUT2D eigenvalue weighted by atomic mass is 9.98. The molecule has 4 rings (SSSR count). The molecule has 2 N–H and O–H groups in total. The maximum atomic E-state index is 11.7. The van der Waals surface area contributed by atoms with E-state index in [-0.39, 0.29) is 0 Å². The summed E-state index contributed by atoms with van der Waals surface area (Å²) in [4.78, 5) is 46.2. The maximum Gasteiger partial charge on any atom is 0.296 e. The summed E-state index contributed by atoms with van der Waals surface area (Å²) in [5.41, 5.74) is 2.96. The van der Waals surface area contributed by atoms with E-state index in [1.54, 1.807) is 36.4 Å². The fourth-order valence-corrected chi connectivity index (χ4v) is 2.64. The highest BCUT2D eigenvalue weighted by Gasteiger charge is 2.30. The summed E-state index contributed by atoms with van der Waals surface area (Å²) in [6, 6.07) is 9.98. The summed E-state index contributed by atoms with van der Waals surface area (Å²) in [5, 5.41) is 4.97. The zero-order valence-corrected chi connectivity index (χ0v) is 11.1. The summed E-state index contributed by atoms with van der Waals surface area (Å²) in [6.07, 6.45) is 0. The van der Waals surface area contributed by atoms with Gasteiger partial charge in [-0.15, -0.1) is 0 Å². The van der Waals surface area contributed by atoms with E-state index in [4.69, 9.17) is 0 Å². The Morgan fingerprint density at radius 3 is 1.41 bits per heavy atom. The van der Waals surface area contributed by atoms with Crippen molar-refractivity contribution >= 4 is 34.8 Å². The van der Waals surface area contributed by atoms with Crippen molar-refractivity contribution in [1.82, 2.24) is 0 Å². The highest BCUT2D eigenvalue weighted by atomic mass is 16.2. The van der Waals surface area contributed by atoms with Crippen molar-refractivity contribution in [2.75, 3.05) is 10.6 Å². The van der Waals surface area contributed by atoms with Crippen LogP contribution in [-0.2, 0) is 9.59 Å². The lowest BCUT2D eigenvalue weighted by Crippen LogP contribution is -2.12. The molecule has 0 bridgehead atoms. The van der Waals surface area contributed by atoms with Crippen LogP contribution in [-0.4, -0.2) is 23.4 Å². The van der Waals surface area contributed by atoms with Crippen LogP contribution < -0.4 is 10.6 Å². The first-order valence-electron chi connectivity index (χ1n) is 6.54. The number of carbonyl (C=O) groups excluding carboxylic acids is 4. The number of ketones is 2. The lowest BCUT2D eigenvalue weighted by molar-refractivity contribution is -0.112. The average Bonchev–Trinajstić information content (AvgIpc) is 2.96. The predicted molar refractivity (Wildman–Crippen MR) is 77.8 cm³/mol. The van der Waals surface area contributed by atoms with Crippen LogP contribution in [0.25, 0.3) is 11.1 Å². The minimum atomic E-state index is -0.647. The van der Waals surface area contributed by atoms with E-state index in [1.165, 1.54) is 0 Å². The van der Waals surface area contributed by atoms with Gasteiger partial charge in [0, 0.05) is 0 Å². The van der Waals surface area contributed by atoms with Gasteiger partial charge >= 0.3 is 0 Å². The Kier molecular flexibility index (Phi) is 2.33. The van der Waals surface area contributed by atoms with Crippen molar-refractivity contribution in [3.05, 3.63) is 47.5 Å². The van der Waals surface area contributed by atoms with E-state index in [0.29, 0.717) is 33.6 Å². The second kappa shape index (κ2) is 4.11. The Bertz CT molecular complexity index is 839. The lowest BCUT2D eigenvalue weighted by Gasteiger charge is -2.05. The number of nitrogens with one attached hydrogen (secondary N) is 2. The van der Waals surface area contributed by atoms with Crippen LogP contribution in [0, 0.1) is 0 Å². The topological polar surface area (TPSA) is 92.3 Å². The highest BCUT2D eigenvalue weighted by molar-refractivity contribution is 6.52. The molecule has 0 spiro atoms. The molecule has 0 saturated heterocycles. The van der Waals surface area contributed by atoms with E-state index in [1.807, 2.05) is 0 Å². The van der Waals surface area contributed by atoms with Crippen LogP contribution in [0.3, 0.4) is 0 Å². The van der Waals surface area contributed by atoms with E-state index in [0.717, 1.165) is 0 Å². The molecule has 0 radical (unpaired) electrons. The second-order valence-corrected chi connectivity index (χ2v) is 5.09. The number of benzene rings is 2. The van der Waals surface area contributed by atoms with Crippen molar-refractivity contribution in [2.24, 2.45) is 0 Å². The Hall–Kier alpha value is -3.28. The van der Waals surface area contributed by atoms with Gasteiger partial charge in [-0.3, -0.25) is 19.2 Å². The molecular formula is C16H8N2O4. The summed E-state index contributed by atoms with van der Waals surface area (Å²) in [5.74, 6) is -2.45. The number of hydrogen-bond donors (Lipinski definition) is 2. The smallest absolute Gasteiger partial charge is 0.296 e. The monoisotopic (exact) mass is 292 g/mol. The standard InChI is InChI=1S/C16H8N2O4/c19-13-9-5-7(1-3-11(9)17-15(13)21)8-2-4-12-10(6-8)14(20)16(22)18-12/h1-6H,(H,17,19,21)(H,18,20,22). The van der Waals surface area contributed by atoms with Crippen molar-refractivity contribution < 1.29 is 19.2 Å². The zero-order valence-electron chi connectivity index (χ0n) is 11.1. The van der Waals surface area contributed by atoms with E-state index >= 15 is 0 Å². The molecule has 106 valence electrons. The van der Waals surface area contributed by atoms with E-state index < -0.39 is 23.4 Å². The van der Waals surface area contributed by atoms with Gasteiger partial charge in [0.05, 0.1) is 22.5 Å². The Balaban J connectivity index is 1.82. The normalized spacial score (nSPS) is 15.5. The van der Waals surface area contributed by atoms with Crippen molar-refractivity contribution in [2.45, 2.75) is 0 Å². The average molecular weight is 292 g/mol. The number of carbonyl (C=O) groups is 4. The predicted octanol–water partition coefficient (Wildman–Crippen LogP) is 1.62. The summed E-state index contributed by atoms with van der Waals surface area (Å²) < 4.78 is 0. The molecule has 2 heterocycles. The van der Waals surface area contributed by atoms with Crippen molar-refractivity contribution in [3.8, 4) is 11.1 Å². The van der Waals surface area contributed by atoms with Crippen LogP contribution in [0.1, 0.15) is 20.7 Å². The number of fused-ring (bicyclic) bond motifs is 2.